The highest BCUT2D eigenvalue weighted by Gasteiger charge is 3.01. The van der Waals surface area contributed by atoms with Crippen LogP contribution in [-0.4, -0.2) is 0 Å². The number of hydrogen-bond donors (Lipinski definition) is 0. The first kappa shape index (κ1) is 27.9. The third-order valence-electron chi connectivity index (χ3n) is 39.9. The van der Waals surface area contributed by atoms with Crippen molar-refractivity contribution >= 4 is 0 Å². The number of rotatable bonds is 0. The van der Waals surface area contributed by atoms with Gasteiger partial charge in [-0.25, -0.2) is 0 Å². The zero-order valence-corrected chi connectivity index (χ0v) is 36.3. The molecule has 0 nitrogen and oxygen atoms in total. The molecule has 38 unspecified atom stereocenters. The predicted molar refractivity (Wildman–Crippen MR) is 221 cm³/mol. The Kier molecular flexibility index (Phi) is 3.11. The highest BCUT2D eigenvalue weighted by atomic mass is 15.1. The minimum Gasteiger partial charge on any atom is -0.0496 e. The van der Waals surface area contributed by atoms with Crippen molar-refractivity contribution in [3.63, 3.8) is 0 Å². The Labute approximate surface area is 367 Å². The van der Waals surface area contributed by atoms with Gasteiger partial charge in [0.15, 0.2) is 0 Å². The summed E-state index contributed by atoms with van der Waals surface area (Å²) in [4.78, 5) is 0. The van der Waals surface area contributed by atoms with Crippen LogP contribution in [0, 0.1) is 343 Å². The molecule has 0 saturated heterocycles. The van der Waals surface area contributed by atoms with E-state index in [4.69, 9.17) is 0 Å². The van der Waals surface area contributed by atoms with E-state index in [0.29, 0.717) is 0 Å². The normalized spacial score (nSPS) is 103. The molecule has 0 aromatic carbocycles. The summed E-state index contributed by atoms with van der Waals surface area (Å²) in [6, 6.07) is 0. The van der Waals surface area contributed by atoms with E-state index in [-0.39, 0.29) is 0 Å². The van der Waals surface area contributed by atoms with Crippen molar-refractivity contribution in [2.24, 2.45) is 343 Å². The van der Waals surface area contributed by atoms with Crippen LogP contribution in [0.15, 0.2) is 0 Å². The molecule has 0 aliphatic heterocycles. The fourth-order valence-electron chi connectivity index (χ4n) is 40.7. The van der Waals surface area contributed by atoms with Crippen LogP contribution in [0.5, 0.6) is 0 Å². The summed E-state index contributed by atoms with van der Waals surface area (Å²) in [6.45, 7) is 0. The van der Waals surface area contributed by atoms with Gasteiger partial charge in [0.25, 0.3) is 0 Å². The average Bonchev–Trinajstić information content (AvgIpc) is 3.18. The first-order chi connectivity index (χ1) is 31.0. The molecule has 0 N–H and O–H groups in total. The van der Waals surface area contributed by atoms with Crippen molar-refractivity contribution in [1.82, 2.24) is 0 Å². The summed E-state index contributed by atoms with van der Waals surface area (Å²) >= 11 is 0. The highest BCUT2D eigenvalue weighted by Crippen LogP contribution is 3.04. The SMILES string of the molecule is C1C[C@@H]2C1C1C3C4C5C6C7C8C9C%10C%11C%12C%13C%14C%15C%16C%17C%18C%19C%20C%21C%22C%23C%24C%25C%26C%27C%28C%29CC[C@@H]%29[C@@H]%28C%27[C@@H]%26[C@@H]%25C%24[C@@H]%23[C@@H]%22C%21[C@@H]%20[C@@H]%19C%18[C@@H]%17[C@@H]%16C%15[C@@H]%14[C@@H]%13C%12[C@@H]%11[C@@H]%10C9[C@@H]8[C@@H]7C6[C@@H]5[C@@H]4C3[C@@H]12. The second-order valence-electron chi connectivity index (χ2n) is 35.0. The lowest BCUT2D eigenvalue weighted by Gasteiger charge is -3.02. The van der Waals surface area contributed by atoms with Crippen LogP contribution in [0.25, 0.3) is 0 Å². The molecule has 30 aliphatic rings. The van der Waals surface area contributed by atoms with Crippen LogP contribution >= 0.6 is 0 Å². The first-order valence-corrected chi connectivity index (χ1v) is 31.0. The van der Waals surface area contributed by atoms with Crippen LogP contribution in [0.3, 0.4) is 0 Å². The molecule has 30 aliphatic carbocycles. The van der Waals surface area contributed by atoms with E-state index in [9.17, 15) is 0 Å². The molecule has 0 aromatic heterocycles. The second kappa shape index (κ2) is 6.93. The van der Waals surface area contributed by atoms with Gasteiger partial charge in [-0.15, -0.1) is 0 Å². The van der Waals surface area contributed by atoms with Crippen LogP contribution in [0.2, 0.25) is 0 Å². The number of fused-ring (bicyclic) bond motifs is 85. The largest absolute Gasteiger partial charge is 0.0496 e. The summed E-state index contributed by atoms with van der Waals surface area (Å²) in [6.07, 6.45) is 6.65. The quantitative estimate of drug-likeness (QED) is 0.215. The molecule has 314 valence electrons. The smallest absolute Gasteiger partial charge is 0.0312 e. The molecule has 30 fully saturated rings. The second-order valence-corrected chi connectivity index (χ2v) is 35.0. The van der Waals surface area contributed by atoms with Gasteiger partial charge in [-0.2, -0.15) is 0 Å². The lowest BCUT2D eigenvalue weighted by Crippen LogP contribution is -2.99. The Morgan fingerprint density at radius 3 is 0.210 bits per heavy atom. The third kappa shape index (κ3) is 1.70. The first-order valence-electron chi connectivity index (χ1n) is 31.0. The Morgan fingerprint density at radius 2 is 0.145 bits per heavy atom. The molecular weight excluding hydrogens is 745 g/mol. The van der Waals surface area contributed by atoms with Crippen LogP contribution in [-0.2, 0) is 0 Å². The van der Waals surface area contributed by atoms with Gasteiger partial charge in [-0.05, 0) is 369 Å². The lowest BCUT2D eigenvalue weighted by atomic mass is 9.02. The maximum atomic E-state index is 1.66. The lowest BCUT2D eigenvalue weighted by molar-refractivity contribution is -0.555. The van der Waals surface area contributed by atoms with Crippen LogP contribution in [0.4, 0.5) is 0 Å². The maximum Gasteiger partial charge on any atom is -0.0312 e. The highest BCUT2D eigenvalue weighted by molar-refractivity contribution is 5.47. The Hall–Kier alpha value is 0. The van der Waals surface area contributed by atoms with Gasteiger partial charge < -0.3 is 0 Å². The predicted octanol–water partition coefficient (Wildman–Crippen LogP) is 8.69. The Morgan fingerprint density at radius 1 is 0.0806 bits per heavy atom. The van der Waals surface area contributed by atoms with Crippen LogP contribution in [0.1, 0.15) is 25.7 Å². The zero-order chi connectivity index (χ0) is 36.3. The molecule has 30 rings (SSSR count). The monoisotopic (exact) mass is 811 g/mol. The molecule has 0 amide bonds. The summed E-state index contributed by atoms with van der Waals surface area (Å²) < 4.78 is 0. The van der Waals surface area contributed by atoms with Gasteiger partial charge in [0.2, 0.25) is 0 Å². The van der Waals surface area contributed by atoms with Gasteiger partial charge in [0.1, 0.15) is 0 Å². The Balaban J connectivity index is 0.418. The van der Waals surface area contributed by atoms with Gasteiger partial charge in [-0.1, -0.05) is 0 Å². The molecule has 58 atom stereocenters. The van der Waals surface area contributed by atoms with Gasteiger partial charge in [0, 0.05) is 0 Å². The minimum absolute atomic E-state index is 1.27. The minimum atomic E-state index is 1.27. The summed E-state index contributed by atoms with van der Waals surface area (Å²) in [5.41, 5.74) is 0. The van der Waals surface area contributed by atoms with E-state index in [1.165, 1.54) is 343 Å². The van der Waals surface area contributed by atoms with E-state index in [2.05, 4.69) is 0 Å². The van der Waals surface area contributed by atoms with Crippen molar-refractivity contribution in [2.75, 3.05) is 0 Å². The molecule has 0 heteroatoms. The van der Waals surface area contributed by atoms with Gasteiger partial charge in [0.05, 0.1) is 0 Å². The van der Waals surface area contributed by atoms with Crippen molar-refractivity contribution in [3.8, 4) is 0 Å². The van der Waals surface area contributed by atoms with Crippen LogP contribution < -0.4 is 0 Å². The fraction of sp³-hybridized carbons (Fsp3) is 1.00. The summed E-state index contributed by atoms with van der Waals surface area (Å²) in [5.74, 6) is 76.7. The molecule has 0 aromatic rings. The molecule has 0 bridgehead atoms. The van der Waals surface area contributed by atoms with Crippen molar-refractivity contribution in [2.45, 2.75) is 25.7 Å². The fourth-order valence-corrected chi connectivity index (χ4v) is 40.7. The van der Waals surface area contributed by atoms with E-state index < -0.39 is 0 Å². The third-order valence-corrected chi connectivity index (χ3v) is 39.9. The molecule has 0 spiro atoms. The molecule has 30 saturated carbocycles. The maximum absolute atomic E-state index is 1.66. The van der Waals surface area contributed by atoms with Crippen molar-refractivity contribution in [3.05, 3.63) is 0 Å². The molecule has 0 heterocycles. The van der Waals surface area contributed by atoms with E-state index in [1.807, 2.05) is 0 Å². The van der Waals surface area contributed by atoms with E-state index in [1.54, 1.807) is 25.7 Å². The van der Waals surface area contributed by atoms with Gasteiger partial charge >= 0.3 is 0 Å². The molecular formula is C62H66. The molecule has 0 radical (unpaired) electrons. The molecule has 62 heavy (non-hydrogen) atoms. The number of hydrogen-bond acceptors (Lipinski definition) is 0. The standard InChI is InChI=1S/C62H66/c1-2-6-5(1)9-10(6)14-13(9)17-18(14)22-21(17)25-26(22)30-29(25)33-34(30)38-37(33)41-42(38)46-45(41)49-50(46)54-53(49)57-58(54)62-60-56-52-48-44-40-36-32-28-24-20-16-12-8-4-3-7(8)11(12)15(16)19(20)23(24)27(28)31(32)35(36)39(40)43(44)47(48)51(52)55(56)59(60)61(57)62/h5-62H,1-4H2/t5-,6?,7+,8?,9-,10?,11+,12?,13?,14?,15?,16?,17-,18?,19+,20?,21-,22?,23+,24?,25?,26?,27?,28?,29-,30?,31+,32?,33-,34?,35+,36?,37?,38?,39?,40?,41-,42?,43+,44?,45-,46?,47+,48?,49?,50?,51?,52?,53-,54?,55+,56?,57-,58?,59+,60?,61?,62?. The average molecular weight is 811 g/mol. The van der Waals surface area contributed by atoms with E-state index in [0.717, 1.165) is 0 Å². The summed E-state index contributed by atoms with van der Waals surface area (Å²) in [7, 11) is 0. The van der Waals surface area contributed by atoms with Gasteiger partial charge in [-0.3, -0.25) is 0 Å². The Bertz CT molecular complexity index is 2310. The van der Waals surface area contributed by atoms with E-state index >= 15 is 0 Å². The topological polar surface area (TPSA) is 0 Å². The summed E-state index contributed by atoms with van der Waals surface area (Å²) in [5, 5.41) is 0. The van der Waals surface area contributed by atoms with Crippen molar-refractivity contribution < 1.29 is 0 Å². The van der Waals surface area contributed by atoms with Crippen molar-refractivity contribution in [1.29, 1.82) is 0 Å². The zero-order valence-electron chi connectivity index (χ0n) is 36.3.